The number of halogens is 1. The van der Waals surface area contributed by atoms with Crippen LogP contribution in [0.15, 0.2) is 219 Å². The maximum atomic E-state index is 14.3. The number of aromatic nitrogens is 3. The largest absolute Gasteiger partial charge is 0.504 e. The van der Waals surface area contributed by atoms with Gasteiger partial charge in [-0.05, 0) is 229 Å². The standard InChI is InChI=1S/C45H59N3O5.C38H44FN3O5.C36H41N3O5/c1-5-6-7-8-9-10-11-12-13-14-15-16-17-18-31-48(44(50)45(28-29-45)43(49)47-35-21-19-34(2)20-22-35)36-23-25-37(26-24-36)53-40-27-30-46-39-33-42(52-4)41(51-3)32-38(39)40;1-4-5-6-7-8-9-10-11-24-42(37(44)38(21-22-38)36(43)41-28-14-12-27(39)13-15-28)29-16-18-30(19-17-29)47-33-20-23-40-32-26-35(46-3)34(45-2)25-31(32)33;1-3-4-5-6-7-8-9-22-43-33-23-29-30(24-31(33)40)37-21-18-32(29)44-28-16-14-27(15-17-28)39-35(42)36(19-20-36)34(41)38-26-12-10-25(2)11-13-26/h19-27,30,32-33H,5-18,28-29,31H2,1-4H3,(H,47,49);12-20,23,25-26H,4-11,21-22,24H2,1-3H3,(H,41,43);10-18,21,23-24,40H,3-9,19-20,22H2,1-2H3,(H,38,41)(H,39,42). The molecule has 25 heteroatoms. The lowest BCUT2D eigenvalue weighted by molar-refractivity contribution is -0.134. The maximum absolute atomic E-state index is 14.3. The average Bonchev–Trinajstić information content (AvgIpc) is 1.59. The first-order valence-corrected chi connectivity index (χ1v) is 52.0. The van der Waals surface area contributed by atoms with Gasteiger partial charge in [0.15, 0.2) is 34.5 Å². The highest BCUT2D eigenvalue weighted by Gasteiger charge is 2.60. The molecule has 0 bridgehead atoms. The summed E-state index contributed by atoms with van der Waals surface area (Å²) in [5, 5.41) is 24.4. The molecule has 9 aromatic carbocycles. The smallest absolute Gasteiger partial charge is 0.242 e. The lowest BCUT2D eigenvalue weighted by Crippen LogP contribution is -2.43. The molecule has 15 rings (SSSR count). The number of fused-ring (bicyclic) bond motifs is 3. The maximum Gasteiger partial charge on any atom is 0.242 e. The number of methoxy groups -OCH3 is 4. The van der Waals surface area contributed by atoms with Gasteiger partial charge in [0.2, 0.25) is 35.4 Å². The Morgan fingerprint density at radius 2 is 0.590 bits per heavy atom. The Morgan fingerprint density at radius 3 is 0.910 bits per heavy atom. The number of aromatic hydroxyl groups is 1. The average molecular weight is 1960 g/mol. The number of unbranched alkanes of at least 4 members (excludes halogenated alkanes) is 26. The number of amides is 6. The second kappa shape index (κ2) is 54.0. The molecule has 6 amide bonds. The van der Waals surface area contributed by atoms with Crippen LogP contribution in [0.4, 0.5) is 38.5 Å². The molecule has 0 aliphatic heterocycles. The molecule has 3 aliphatic carbocycles. The fourth-order valence-electron chi connectivity index (χ4n) is 17.9. The van der Waals surface area contributed by atoms with Crippen molar-refractivity contribution in [2.24, 2.45) is 16.2 Å². The predicted molar refractivity (Wildman–Crippen MR) is 572 cm³/mol. The van der Waals surface area contributed by atoms with E-state index in [0.717, 1.165) is 84.5 Å². The SMILES string of the molecule is CCCCCCCCCCCCCCCCN(C(=O)C1(C(=O)Nc2ccc(C)cc2)CC1)c1ccc(Oc2ccnc3cc(OC)c(OC)cc23)cc1.CCCCCCCCCCN(C(=O)C1(C(=O)Nc2ccc(F)cc2)CC1)c1ccc(Oc2ccnc3cc(OC)c(OC)cc23)cc1.CCCCCCCCCOc1cc2c(Oc3ccc(NC(=O)C4(C(=O)Nc5ccc(C)cc5)CC4)cc3)ccnc2cc1O. The number of rotatable bonds is 55. The molecule has 12 aromatic rings. The molecule has 0 unspecified atom stereocenters. The van der Waals surface area contributed by atoms with Gasteiger partial charge in [0.25, 0.3) is 0 Å². The van der Waals surface area contributed by atoms with E-state index in [1.54, 1.807) is 107 Å². The predicted octanol–water partition coefficient (Wildman–Crippen LogP) is 29.2. The van der Waals surface area contributed by atoms with E-state index in [0.29, 0.717) is 166 Å². The van der Waals surface area contributed by atoms with Crippen molar-refractivity contribution in [3.05, 3.63) is 236 Å². The van der Waals surface area contributed by atoms with Crippen LogP contribution < -0.4 is 69.0 Å². The second-order valence-electron chi connectivity index (χ2n) is 38.3. The summed E-state index contributed by atoms with van der Waals surface area (Å²) in [6.45, 7) is 12.3. The zero-order valence-corrected chi connectivity index (χ0v) is 85.4. The quantitative estimate of drug-likeness (QED) is 0.0175. The van der Waals surface area contributed by atoms with Gasteiger partial charge in [-0.1, -0.05) is 223 Å². The monoisotopic (exact) mass is 1960 g/mol. The van der Waals surface area contributed by atoms with Crippen molar-refractivity contribution >= 4 is 102 Å². The first kappa shape index (κ1) is 107. The number of ether oxygens (including phenoxy) is 8. The number of phenolic OH excluding ortho intramolecular Hbond substituents is 1. The highest BCUT2D eigenvalue weighted by atomic mass is 19.1. The molecule has 3 saturated carbocycles. The summed E-state index contributed by atoms with van der Waals surface area (Å²) >= 11 is 0. The van der Waals surface area contributed by atoms with Gasteiger partial charge in [-0.15, -0.1) is 0 Å². The third-order valence-corrected chi connectivity index (χ3v) is 27.3. The topological polar surface area (TPSA) is 290 Å². The van der Waals surface area contributed by atoms with Gasteiger partial charge in [0.05, 0.1) is 51.6 Å². The summed E-state index contributed by atoms with van der Waals surface area (Å²) in [7, 11) is 6.36. The van der Waals surface area contributed by atoms with Crippen LogP contribution in [0.5, 0.6) is 69.0 Å². The van der Waals surface area contributed by atoms with Gasteiger partial charge >= 0.3 is 0 Å². The summed E-state index contributed by atoms with van der Waals surface area (Å²) in [5.41, 5.74) is 4.86. The van der Waals surface area contributed by atoms with Crippen molar-refractivity contribution < 1.29 is 76.2 Å². The lowest BCUT2D eigenvalue weighted by Gasteiger charge is -2.27. The van der Waals surface area contributed by atoms with Gasteiger partial charge in [-0.2, -0.15) is 0 Å². The molecule has 3 aromatic heterocycles. The van der Waals surface area contributed by atoms with Crippen LogP contribution in [0.3, 0.4) is 0 Å². The molecule has 3 fully saturated rings. The lowest BCUT2D eigenvalue weighted by atomic mass is 10.0. The van der Waals surface area contributed by atoms with Crippen LogP contribution in [0.1, 0.15) is 257 Å². The van der Waals surface area contributed by atoms with Crippen LogP contribution in [0.2, 0.25) is 0 Å². The van der Waals surface area contributed by atoms with Crippen molar-refractivity contribution in [3.63, 3.8) is 0 Å². The van der Waals surface area contributed by atoms with Gasteiger partial charge in [-0.25, -0.2) is 4.39 Å². The van der Waals surface area contributed by atoms with Gasteiger partial charge in [0, 0.05) is 100 Å². The normalized spacial score (nSPS) is 13.2. The third kappa shape index (κ3) is 29.9. The van der Waals surface area contributed by atoms with Gasteiger partial charge in [-0.3, -0.25) is 43.7 Å². The van der Waals surface area contributed by atoms with E-state index in [2.05, 4.69) is 57.0 Å². The number of carbonyl (C=O) groups excluding carboxylic acids is 6. The summed E-state index contributed by atoms with van der Waals surface area (Å²) in [6.07, 6.45) is 43.3. The van der Waals surface area contributed by atoms with E-state index in [4.69, 9.17) is 37.9 Å². The number of hydrogen-bond acceptors (Lipinski definition) is 18. The number of carbonyl (C=O) groups is 6. The molecule has 762 valence electrons. The van der Waals surface area contributed by atoms with Crippen molar-refractivity contribution in [1.82, 2.24) is 15.0 Å². The van der Waals surface area contributed by atoms with E-state index in [1.807, 2.05) is 140 Å². The number of phenols is 1. The van der Waals surface area contributed by atoms with E-state index in [9.17, 15) is 38.3 Å². The number of benzene rings is 9. The number of pyridine rings is 3. The fourth-order valence-corrected chi connectivity index (χ4v) is 17.9. The third-order valence-electron chi connectivity index (χ3n) is 27.3. The van der Waals surface area contributed by atoms with Crippen molar-refractivity contribution in [1.29, 1.82) is 0 Å². The first-order valence-electron chi connectivity index (χ1n) is 52.0. The summed E-state index contributed by atoms with van der Waals surface area (Å²) in [4.78, 5) is 98.4. The van der Waals surface area contributed by atoms with Crippen molar-refractivity contribution in [2.75, 3.05) is 79.2 Å². The first-order chi connectivity index (χ1) is 70.1. The minimum atomic E-state index is -1.14. The molecular weight excluding hydrogens is 1810 g/mol. The Hall–Kier alpha value is -13.8. The second-order valence-corrected chi connectivity index (χ2v) is 38.3. The van der Waals surface area contributed by atoms with E-state index < -0.39 is 16.2 Å². The molecular formula is C119H144FN9O15. The Bertz CT molecular complexity index is 6170. The Kier molecular flexibility index (Phi) is 40.3. The highest BCUT2D eigenvalue weighted by molar-refractivity contribution is 6.19. The van der Waals surface area contributed by atoms with Gasteiger partial charge < -0.3 is 74.1 Å². The van der Waals surface area contributed by atoms with Crippen LogP contribution in [-0.2, 0) is 28.8 Å². The van der Waals surface area contributed by atoms with Crippen molar-refractivity contribution in [2.45, 2.75) is 259 Å². The van der Waals surface area contributed by atoms with Gasteiger partial charge in [0.1, 0.15) is 56.6 Å². The minimum absolute atomic E-state index is 0.0474. The molecule has 0 radical (unpaired) electrons. The minimum Gasteiger partial charge on any atom is -0.504 e. The number of anilines is 6. The molecule has 5 N–H and O–H groups in total. The molecule has 3 aliphatic rings. The highest BCUT2D eigenvalue weighted by Crippen LogP contribution is 2.52. The number of nitrogens with zero attached hydrogens (tertiary/aromatic N) is 5. The fraction of sp³-hybridized carbons (Fsp3) is 0.420. The molecule has 0 spiro atoms. The molecule has 0 atom stereocenters. The zero-order chi connectivity index (χ0) is 102. The van der Waals surface area contributed by atoms with Crippen LogP contribution in [0, 0.1) is 35.9 Å². The summed E-state index contributed by atoms with van der Waals surface area (Å²) < 4.78 is 60.0. The van der Waals surface area contributed by atoms with E-state index in [1.165, 1.54) is 159 Å². The van der Waals surface area contributed by atoms with Crippen LogP contribution in [-0.4, -0.2) is 104 Å². The van der Waals surface area contributed by atoms with Crippen LogP contribution >= 0.6 is 0 Å². The summed E-state index contributed by atoms with van der Waals surface area (Å²) in [5.74, 6) is 4.43. The summed E-state index contributed by atoms with van der Waals surface area (Å²) in [6, 6.07) is 58.8. The Labute approximate surface area is 848 Å². The number of hydrogen-bond donors (Lipinski definition) is 5. The molecule has 3 heterocycles. The zero-order valence-electron chi connectivity index (χ0n) is 85.4. The molecule has 0 saturated heterocycles. The van der Waals surface area contributed by atoms with E-state index in [-0.39, 0.29) is 47.0 Å². The van der Waals surface area contributed by atoms with Crippen LogP contribution in [0.25, 0.3) is 32.7 Å². The number of aryl methyl sites for hydroxylation is 2. The Balaban J connectivity index is 0.000000182. The molecule has 24 nitrogen and oxygen atoms in total. The van der Waals surface area contributed by atoms with Crippen molar-refractivity contribution in [3.8, 4) is 69.0 Å². The van der Waals surface area contributed by atoms with E-state index >= 15 is 0 Å². The number of nitrogens with one attached hydrogen (secondary N) is 4. The molecule has 144 heavy (non-hydrogen) atoms. The Morgan fingerprint density at radius 1 is 0.319 bits per heavy atom.